The predicted octanol–water partition coefficient (Wildman–Crippen LogP) is 4.25. The number of nitrogens with one attached hydrogen (secondary N) is 1. The molecule has 3 heteroatoms. The molecule has 1 saturated carbocycles. The van der Waals surface area contributed by atoms with Crippen LogP contribution in [0.5, 0.6) is 0 Å². The lowest BCUT2D eigenvalue weighted by atomic mass is 9.83. The molecule has 0 aromatic carbocycles. The first-order valence-electron chi connectivity index (χ1n) is 7.09. The van der Waals surface area contributed by atoms with Gasteiger partial charge in [-0.05, 0) is 19.8 Å². The van der Waals surface area contributed by atoms with Crippen LogP contribution in [0.4, 0.5) is 0 Å². The van der Waals surface area contributed by atoms with Crippen LogP contribution < -0.4 is 5.32 Å². The van der Waals surface area contributed by atoms with Crippen LogP contribution in [0.1, 0.15) is 70.5 Å². The number of hydrogen-bond donors (Lipinski definition) is 1. The van der Waals surface area contributed by atoms with E-state index in [0.29, 0.717) is 5.54 Å². The monoisotopic (exact) mass is 266 g/mol. The van der Waals surface area contributed by atoms with E-state index in [9.17, 15) is 0 Å². The minimum absolute atomic E-state index is 0.178. The summed E-state index contributed by atoms with van der Waals surface area (Å²) in [6, 6.07) is 0. The minimum atomic E-state index is 0.178. The van der Waals surface area contributed by atoms with Crippen molar-refractivity contribution in [1.82, 2.24) is 10.3 Å². The standard InChI is InChI=1S/C15H26N2S/c1-14(2,3)13-17-12(11-18-13)10-16-15(4)8-6-5-7-9-15/h11,16H,5-10H2,1-4H3. The van der Waals surface area contributed by atoms with Gasteiger partial charge in [0.05, 0.1) is 10.7 Å². The van der Waals surface area contributed by atoms with E-state index < -0.39 is 0 Å². The SMILES string of the molecule is CC1(NCc2csc(C(C)(C)C)n2)CCCCC1. The molecule has 0 unspecified atom stereocenters. The first kappa shape index (κ1) is 14.0. The largest absolute Gasteiger partial charge is 0.306 e. The zero-order valence-corrected chi connectivity index (χ0v) is 13.0. The van der Waals surface area contributed by atoms with Crippen molar-refractivity contribution in [2.45, 2.75) is 77.3 Å². The van der Waals surface area contributed by atoms with Crippen LogP contribution in [0.25, 0.3) is 0 Å². The van der Waals surface area contributed by atoms with E-state index in [1.807, 2.05) is 0 Å². The van der Waals surface area contributed by atoms with Crippen LogP contribution in [0.15, 0.2) is 5.38 Å². The Bertz CT molecular complexity index is 383. The zero-order valence-electron chi connectivity index (χ0n) is 12.2. The summed E-state index contributed by atoms with van der Waals surface area (Å²) in [5.74, 6) is 0. The van der Waals surface area contributed by atoms with Crippen molar-refractivity contribution in [3.05, 3.63) is 16.1 Å². The molecule has 0 atom stereocenters. The average Bonchev–Trinajstić information content (AvgIpc) is 2.76. The smallest absolute Gasteiger partial charge is 0.0982 e. The highest BCUT2D eigenvalue weighted by molar-refractivity contribution is 7.09. The minimum Gasteiger partial charge on any atom is -0.306 e. The van der Waals surface area contributed by atoms with Crippen LogP contribution >= 0.6 is 11.3 Å². The topological polar surface area (TPSA) is 24.9 Å². The van der Waals surface area contributed by atoms with Crippen LogP contribution in [0, 0.1) is 0 Å². The molecule has 1 N–H and O–H groups in total. The van der Waals surface area contributed by atoms with Gasteiger partial charge in [-0.2, -0.15) is 0 Å². The molecule has 0 bridgehead atoms. The van der Waals surface area contributed by atoms with E-state index in [1.54, 1.807) is 11.3 Å². The van der Waals surface area contributed by atoms with Gasteiger partial charge in [-0.1, -0.05) is 40.0 Å². The fourth-order valence-corrected chi connectivity index (χ4v) is 3.45. The molecule has 0 aliphatic heterocycles. The third-order valence-corrected chi connectivity index (χ3v) is 5.16. The average molecular weight is 266 g/mol. The van der Waals surface area contributed by atoms with Gasteiger partial charge in [-0.15, -0.1) is 11.3 Å². The number of aromatic nitrogens is 1. The quantitative estimate of drug-likeness (QED) is 0.884. The van der Waals surface area contributed by atoms with E-state index in [-0.39, 0.29) is 5.41 Å². The third kappa shape index (κ3) is 3.55. The van der Waals surface area contributed by atoms with E-state index in [0.717, 1.165) is 6.54 Å². The second-order valence-electron chi connectivity index (χ2n) is 6.87. The summed E-state index contributed by atoms with van der Waals surface area (Å²) in [4.78, 5) is 4.75. The number of thiazole rings is 1. The first-order chi connectivity index (χ1) is 8.39. The Balaban J connectivity index is 1.92. The van der Waals surface area contributed by atoms with Gasteiger partial charge in [0.25, 0.3) is 0 Å². The highest BCUT2D eigenvalue weighted by Crippen LogP contribution is 2.29. The van der Waals surface area contributed by atoms with Crippen molar-refractivity contribution in [3.63, 3.8) is 0 Å². The molecule has 1 heterocycles. The molecule has 1 aromatic rings. The summed E-state index contributed by atoms with van der Waals surface area (Å²) >= 11 is 1.79. The van der Waals surface area contributed by atoms with Gasteiger partial charge in [-0.3, -0.25) is 0 Å². The molecule has 1 aromatic heterocycles. The summed E-state index contributed by atoms with van der Waals surface area (Å²) in [5, 5.41) is 7.17. The van der Waals surface area contributed by atoms with Crippen LogP contribution in [0.3, 0.4) is 0 Å². The van der Waals surface area contributed by atoms with Gasteiger partial charge in [0.2, 0.25) is 0 Å². The molecular formula is C15H26N2S. The van der Waals surface area contributed by atoms with Gasteiger partial charge in [-0.25, -0.2) is 4.98 Å². The van der Waals surface area contributed by atoms with Crippen molar-refractivity contribution < 1.29 is 0 Å². The summed E-state index contributed by atoms with van der Waals surface area (Å²) in [6.07, 6.45) is 6.76. The number of nitrogens with zero attached hydrogens (tertiary/aromatic N) is 1. The molecule has 1 aliphatic rings. The van der Waals surface area contributed by atoms with Crippen molar-refractivity contribution >= 4 is 11.3 Å². The maximum absolute atomic E-state index is 4.75. The summed E-state index contributed by atoms with van der Waals surface area (Å²) in [7, 11) is 0. The Morgan fingerprint density at radius 3 is 2.50 bits per heavy atom. The molecule has 1 aliphatic carbocycles. The molecule has 2 nitrogen and oxygen atoms in total. The van der Waals surface area contributed by atoms with Crippen molar-refractivity contribution in [3.8, 4) is 0 Å². The highest BCUT2D eigenvalue weighted by Gasteiger charge is 2.26. The molecule has 0 amide bonds. The molecule has 1 fully saturated rings. The Kier molecular flexibility index (Phi) is 4.12. The van der Waals surface area contributed by atoms with E-state index in [1.165, 1.54) is 42.8 Å². The van der Waals surface area contributed by atoms with Crippen LogP contribution in [-0.4, -0.2) is 10.5 Å². The first-order valence-corrected chi connectivity index (χ1v) is 7.97. The van der Waals surface area contributed by atoms with E-state index in [4.69, 9.17) is 4.98 Å². The molecular weight excluding hydrogens is 240 g/mol. The van der Waals surface area contributed by atoms with E-state index >= 15 is 0 Å². The normalized spacial score (nSPS) is 20.0. The maximum atomic E-state index is 4.75. The number of rotatable bonds is 3. The maximum Gasteiger partial charge on any atom is 0.0982 e. The second kappa shape index (κ2) is 5.30. The Morgan fingerprint density at radius 2 is 1.94 bits per heavy atom. The van der Waals surface area contributed by atoms with Crippen LogP contribution in [0.2, 0.25) is 0 Å². The van der Waals surface area contributed by atoms with Crippen molar-refractivity contribution in [2.75, 3.05) is 0 Å². The Hall–Kier alpha value is -0.410. The van der Waals surface area contributed by atoms with Gasteiger partial charge in [0.1, 0.15) is 0 Å². The lowest BCUT2D eigenvalue weighted by Gasteiger charge is -2.34. The molecule has 2 rings (SSSR count). The molecule has 102 valence electrons. The molecule has 0 radical (unpaired) electrons. The fourth-order valence-electron chi connectivity index (χ4n) is 2.55. The number of hydrogen-bond acceptors (Lipinski definition) is 3. The predicted molar refractivity (Wildman–Crippen MR) is 79.1 cm³/mol. The Morgan fingerprint density at radius 1 is 1.28 bits per heavy atom. The van der Waals surface area contributed by atoms with Gasteiger partial charge in [0, 0.05) is 22.9 Å². The molecule has 0 spiro atoms. The summed E-state index contributed by atoms with van der Waals surface area (Å²) in [6.45, 7) is 9.97. The van der Waals surface area contributed by atoms with E-state index in [2.05, 4.69) is 38.4 Å². The van der Waals surface area contributed by atoms with Crippen LogP contribution in [-0.2, 0) is 12.0 Å². The second-order valence-corrected chi connectivity index (χ2v) is 7.73. The van der Waals surface area contributed by atoms with Gasteiger partial charge >= 0.3 is 0 Å². The van der Waals surface area contributed by atoms with Crippen molar-refractivity contribution in [2.24, 2.45) is 0 Å². The van der Waals surface area contributed by atoms with Gasteiger partial charge in [0.15, 0.2) is 0 Å². The van der Waals surface area contributed by atoms with Crippen molar-refractivity contribution in [1.29, 1.82) is 0 Å². The highest BCUT2D eigenvalue weighted by atomic mass is 32.1. The zero-order chi connectivity index (χ0) is 13.2. The lowest BCUT2D eigenvalue weighted by molar-refractivity contribution is 0.251. The summed E-state index contributed by atoms with van der Waals surface area (Å²) in [5.41, 5.74) is 1.72. The molecule has 0 saturated heterocycles. The summed E-state index contributed by atoms with van der Waals surface area (Å²) < 4.78 is 0. The third-order valence-electron chi connectivity index (χ3n) is 3.85. The lowest BCUT2D eigenvalue weighted by Crippen LogP contribution is -2.43. The Labute approximate surface area is 115 Å². The van der Waals surface area contributed by atoms with Gasteiger partial charge < -0.3 is 5.32 Å². The molecule has 18 heavy (non-hydrogen) atoms. The fraction of sp³-hybridized carbons (Fsp3) is 0.800.